The van der Waals surface area contributed by atoms with Gasteiger partial charge in [0, 0.05) is 25.7 Å². The number of carbonyl (C=O) groups is 1. The zero-order chi connectivity index (χ0) is 13.1. The Morgan fingerprint density at radius 3 is 2.59 bits per heavy atom. The van der Waals surface area contributed by atoms with Crippen LogP contribution in [-0.4, -0.2) is 62.1 Å². The lowest BCUT2D eigenvalue weighted by Crippen LogP contribution is -2.42. The average Bonchev–Trinajstić information content (AvgIpc) is 2.33. The van der Waals surface area contributed by atoms with Gasteiger partial charge in [-0.15, -0.1) is 0 Å². The van der Waals surface area contributed by atoms with E-state index in [-0.39, 0.29) is 17.4 Å². The third-order valence-electron chi connectivity index (χ3n) is 3.40. The molecule has 1 heterocycles. The van der Waals surface area contributed by atoms with Gasteiger partial charge in [0.2, 0.25) is 0 Å². The van der Waals surface area contributed by atoms with E-state index in [1.807, 2.05) is 0 Å². The Morgan fingerprint density at radius 2 is 2.06 bits per heavy atom. The number of ether oxygens (including phenoxy) is 1. The lowest BCUT2D eigenvalue weighted by molar-refractivity contribution is -0.142. The van der Waals surface area contributed by atoms with Crippen molar-refractivity contribution in [3.63, 3.8) is 0 Å². The summed E-state index contributed by atoms with van der Waals surface area (Å²) in [6, 6.07) is 0.277. The number of methoxy groups -OCH3 is 1. The van der Waals surface area contributed by atoms with Crippen molar-refractivity contribution in [2.45, 2.75) is 33.2 Å². The number of esters is 1. The van der Waals surface area contributed by atoms with E-state index in [9.17, 15) is 4.79 Å². The first-order chi connectivity index (χ1) is 7.88. The predicted octanol–water partition coefficient (Wildman–Crippen LogP) is 1.21. The van der Waals surface area contributed by atoms with Crippen LogP contribution in [0.15, 0.2) is 0 Å². The Morgan fingerprint density at radius 1 is 1.41 bits per heavy atom. The molecule has 0 aromatic heterocycles. The van der Waals surface area contributed by atoms with E-state index in [0.717, 1.165) is 26.2 Å². The fourth-order valence-corrected chi connectivity index (χ4v) is 2.84. The molecule has 1 fully saturated rings. The molecule has 0 spiro atoms. The van der Waals surface area contributed by atoms with E-state index in [1.165, 1.54) is 7.11 Å². The first-order valence-electron chi connectivity index (χ1n) is 6.37. The van der Waals surface area contributed by atoms with Gasteiger partial charge in [-0.3, -0.25) is 9.69 Å². The highest BCUT2D eigenvalue weighted by molar-refractivity contribution is 5.69. The van der Waals surface area contributed by atoms with Gasteiger partial charge in [-0.05, 0) is 19.0 Å². The summed E-state index contributed by atoms with van der Waals surface area (Å²) in [5.74, 6) is -0.110. The van der Waals surface area contributed by atoms with E-state index in [1.54, 1.807) is 0 Å². The number of rotatable bonds is 3. The molecule has 0 radical (unpaired) electrons. The van der Waals surface area contributed by atoms with Gasteiger partial charge in [-0.1, -0.05) is 20.8 Å². The summed E-state index contributed by atoms with van der Waals surface area (Å²) in [7, 11) is 3.59. The molecule has 0 saturated carbocycles. The molecular formula is C13H26N2O2. The molecule has 1 unspecified atom stereocenters. The Balaban J connectivity index is 2.75. The van der Waals surface area contributed by atoms with Crippen molar-refractivity contribution in [1.82, 2.24) is 9.80 Å². The van der Waals surface area contributed by atoms with Crippen LogP contribution in [0.5, 0.6) is 0 Å². The third-order valence-corrected chi connectivity index (χ3v) is 3.40. The standard InChI is InChI=1S/C13H26N2O2/c1-6-15-10-13(2,3)9-14(4)8-11(15)7-12(16)17-5/h11H,6-10H2,1-5H3. The van der Waals surface area contributed by atoms with E-state index in [4.69, 9.17) is 4.74 Å². The van der Waals surface area contributed by atoms with Gasteiger partial charge in [0.1, 0.15) is 0 Å². The zero-order valence-corrected chi connectivity index (χ0v) is 11.8. The number of nitrogens with zero attached hydrogens (tertiary/aromatic N) is 2. The molecule has 1 rings (SSSR count). The lowest BCUT2D eigenvalue weighted by Gasteiger charge is -2.32. The number of likely N-dealkylation sites (N-methyl/N-ethyl adjacent to an activating group) is 2. The van der Waals surface area contributed by atoms with Gasteiger partial charge in [-0.25, -0.2) is 0 Å². The van der Waals surface area contributed by atoms with Crippen LogP contribution < -0.4 is 0 Å². The predicted molar refractivity (Wildman–Crippen MR) is 68.9 cm³/mol. The normalized spacial score (nSPS) is 26.5. The lowest BCUT2D eigenvalue weighted by atomic mass is 9.92. The summed E-state index contributed by atoms with van der Waals surface area (Å²) in [5, 5.41) is 0. The smallest absolute Gasteiger partial charge is 0.307 e. The third kappa shape index (κ3) is 4.28. The van der Waals surface area contributed by atoms with Crippen molar-refractivity contribution in [3.8, 4) is 0 Å². The molecule has 0 N–H and O–H groups in total. The van der Waals surface area contributed by atoms with E-state index in [0.29, 0.717) is 6.42 Å². The van der Waals surface area contributed by atoms with Gasteiger partial charge in [0.25, 0.3) is 0 Å². The molecule has 17 heavy (non-hydrogen) atoms. The van der Waals surface area contributed by atoms with Gasteiger partial charge in [-0.2, -0.15) is 0 Å². The summed E-state index contributed by atoms with van der Waals surface area (Å²) in [5.41, 5.74) is 0.273. The number of hydrogen-bond donors (Lipinski definition) is 0. The fraction of sp³-hybridized carbons (Fsp3) is 0.923. The Bertz CT molecular complexity index is 266. The monoisotopic (exact) mass is 242 g/mol. The second-order valence-electron chi connectivity index (χ2n) is 5.86. The van der Waals surface area contributed by atoms with E-state index in [2.05, 4.69) is 37.6 Å². The SMILES string of the molecule is CCN1CC(C)(C)CN(C)CC1CC(=O)OC. The maximum atomic E-state index is 11.5. The minimum Gasteiger partial charge on any atom is -0.469 e. The van der Waals surface area contributed by atoms with Crippen LogP contribution in [-0.2, 0) is 9.53 Å². The highest BCUT2D eigenvalue weighted by atomic mass is 16.5. The molecule has 0 aliphatic carbocycles. The molecule has 1 atom stereocenters. The molecule has 1 saturated heterocycles. The van der Waals surface area contributed by atoms with Gasteiger partial charge >= 0.3 is 5.97 Å². The summed E-state index contributed by atoms with van der Waals surface area (Å²) in [4.78, 5) is 16.2. The fourth-order valence-electron chi connectivity index (χ4n) is 2.84. The van der Waals surface area contributed by atoms with E-state index >= 15 is 0 Å². The van der Waals surface area contributed by atoms with Gasteiger partial charge < -0.3 is 9.64 Å². The molecule has 0 aromatic rings. The molecule has 4 nitrogen and oxygen atoms in total. The van der Waals surface area contributed by atoms with Crippen LogP contribution in [0.2, 0.25) is 0 Å². The van der Waals surface area contributed by atoms with Crippen molar-refractivity contribution >= 4 is 5.97 Å². The molecule has 100 valence electrons. The Kier molecular flexibility index (Phi) is 4.95. The zero-order valence-electron chi connectivity index (χ0n) is 11.8. The molecule has 1 aliphatic rings. The largest absolute Gasteiger partial charge is 0.469 e. The minimum absolute atomic E-state index is 0.110. The second kappa shape index (κ2) is 5.83. The Hall–Kier alpha value is -0.610. The second-order valence-corrected chi connectivity index (χ2v) is 5.86. The van der Waals surface area contributed by atoms with Gasteiger partial charge in [0.05, 0.1) is 13.5 Å². The number of hydrogen-bond acceptors (Lipinski definition) is 4. The summed E-state index contributed by atoms with van der Waals surface area (Å²) in [6.45, 7) is 10.8. The van der Waals surface area contributed by atoms with Crippen LogP contribution in [0.3, 0.4) is 0 Å². The molecule has 0 bridgehead atoms. The van der Waals surface area contributed by atoms with Gasteiger partial charge in [0.15, 0.2) is 0 Å². The minimum atomic E-state index is -0.110. The number of carbonyl (C=O) groups excluding carboxylic acids is 1. The highest BCUT2D eigenvalue weighted by Crippen LogP contribution is 2.24. The molecule has 0 amide bonds. The first kappa shape index (κ1) is 14.5. The quantitative estimate of drug-likeness (QED) is 0.697. The van der Waals surface area contributed by atoms with Crippen LogP contribution in [0, 0.1) is 5.41 Å². The summed E-state index contributed by atoms with van der Waals surface area (Å²) < 4.78 is 4.79. The Labute approximate surface area is 105 Å². The molecule has 0 aromatic carbocycles. The molecule has 4 heteroatoms. The molecule has 1 aliphatic heterocycles. The maximum absolute atomic E-state index is 11.5. The van der Waals surface area contributed by atoms with Crippen molar-refractivity contribution in [2.24, 2.45) is 5.41 Å². The average molecular weight is 242 g/mol. The van der Waals surface area contributed by atoms with Crippen LogP contribution in [0.1, 0.15) is 27.2 Å². The van der Waals surface area contributed by atoms with Crippen molar-refractivity contribution in [2.75, 3.05) is 40.3 Å². The molecular weight excluding hydrogens is 216 g/mol. The van der Waals surface area contributed by atoms with Crippen LogP contribution >= 0.6 is 0 Å². The van der Waals surface area contributed by atoms with Crippen LogP contribution in [0.4, 0.5) is 0 Å². The topological polar surface area (TPSA) is 32.8 Å². The first-order valence-corrected chi connectivity index (χ1v) is 6.37. The van der Waals surface area contributed by atoms with Crippen molar-refractivity contribution in [1.29, 1.82) is 0 Å². The summed E-state index contributed by atoms with van der Waals surface area (Å²) in [6.07, 6.45) is 0.491. The van der Waals surface area contributed by atoms with Crippen molar-refractivity contribution < 1.29 is 9.53 Å². The maximum Gasteiger partial charge on any atom is 0.307 e. The summed E-state index contributed by atoms with van der Waals surface area (Å²) >= 11 is 0. The van der Waals surface area contributed by atoms with E-state index < -0.39 is 0 Å². The van der Waals surface area contributed by atoms with Crippen LogP contribution in [0.25, 0.3) is 0 Å². The van der Waals surface area contributed by atoms with Crippen molar-refractivity contribution in [3.05, 3.63) is 0 Å². The highest BCUT2D eigenvalue weighted by Gasteiger charge is 2.33.